The fourth-order valence-corrected chi connectivity index (χ4v) is 8.75. The van der Waals surface area contributed by atoms with Crippen LogP contribution in [0.15, 0.2) is 42.5 Å². The zero-order chi connectivity index (χ0) is 39.5. The molecule has 1 aromatic rings. The van der Waals surface area contributed by atoms with Gasteiger partial charge in [-0.1, -0.05) is 237 Å². The summed E-state index contributed by atoms with van der Waals surface area (Å²) in [5.41, 5.74) is 7.38. The summed E-state index contributed by atoms with van der Waals surface area (Å²) in [5, 5.41) is 0. The van der Waals surface area contributed by atoms with Crippen molar-refractivity contribution in [2.45, 2.75) is 253 Å². The topological polar surface area (TPSA) is 3.24 Å². The molecule has 0 saturated carbocycles. The number of hydrogen-bond acceptors (Lipinski definition) is 1. The number of rotatable bonds is 40. The van der Waals surface area contributed by atoms with Crippen molar-refractivity contribution in [2.75, 3.05) is 14.1 Å². The molecule has 54 heavy (non-hydrogen) atoms. The number of allylic oxidation sites excluding steroid dienone is 2. The predicted molar refractivity (Wildman–Crippen MR) is 247 cm³/mol. The molecule has 0 heterocycles. The lowest BCUT2D eigenvalue weighted by molar-refractivity contribution is 0.368. The van der Waals surface area contributed by atoms with Crippen LogP contribution in [0.3, 0.4) is 0 Å². The van der Waals surface area contributed by atoms with E-state index in [1.807, 2.05) is 0 Å². The lowest BCUT2D eigenvalue weighted by Gasteiger charge is -2.17. The van der Waals surface area contributed by atoms with Gasteiger partial charge in [0.2, 0.25) is 0 Å². The van der Waals surface area contributed by atoms with E-state index < -0.39 is 0 Å². The van der Waals surface area contributed by atoms with Gasteiger partial charge in [0.05, 0.1) is 0 Å². The molecular weight excluding hydrogens is 651 g/mol. The van der Waals surface area contributed by atoms with Gasteiger partial charge in [-0.05, 0) is 94.0 Å². The highest BCUT2D eigenvalue weighted by atomic mass is 15.0. The Bertz CT molecular complexity index is 906. The standard InChI is InChI=1S/C53H97N/c1-9-13-17-25-33-49(34-26-18-14-10-2)37-29-21-23-31-47(5)39-41-51-43-52(45-53(44-51)46-54(7)8)42-40-48(6)32-24-22-30-38-50(35-27-19-15-11-3)36-28-20-16-12-4/h43-45,49-50H,5-6,9-42,46H2,1-4,7-8H3. The van der Waals surface area contributed by atoms with E-state index in [2.05, 4.69) is 78.0 Å². The van der Waals surface area contributed by atoms with E-state index in [1.165, 1.54) is 220 Å². The van der Waals surface area contributed by atoms with Crippen LogP contribution < -0.4 is 0 Å². The molecule has 0 amide bonds. The first-order valence-corrected chi connectivity index (χ1v) is 24.4. The van der Waals surface area contributed by atoms with E-state index in [0.29, 0.717) is 0 Å². The first-order valence-electron chi connectivity index (χ1n) is 24.4. The number of aryl methyl sites for hydroxylation is 2. The van der Waals surface area contributed by atoms with Crippen molar-refractivity contribution in [3.63, 3.8) is 0 Å². The Morgan fingerprint density at radius 1 is 0.407 bits per heavy atom. The molecule has 0 aliphatic rings. The summed E-state index contributed by atoms with van der Waals surface area (Å²) < 4.78 is 0. The fourth-order valence-electron chi connectivity index (χ4n) is 8.75. The monoisotopic (exact) mass is 748 g/mol. The molecule has 1 aromatic carbocycles. The van der Waals surface area contributed by atoms with E-state index in [4.69, 9.17) is 0 Å². The lowest BCUT2D eigenvalue weighted by atomic mass is 9.89. The van der Waals surface area contributed by atoms with Crippen molar-refractivity contribution in [3.8, 4) is 0 Å². The van der Waals surface area contributed by atoms with Crippen LogP contribution in [-0.2, 0) is 19.4 Å². The molecule has 0 atom stereocenters. The molecule has 1 nitrogen and oxygen atoms in total. The van der Waals surface area contributed by atoms with Crippen molar-refractivity contribution >= 4 is 0 Å². The molecule has 0 fully saturated rings. The molecule has 0 aromatic heterocycles. The Hall–Kier alpha value is -1.34. The van der Waals surface area contributed by atoms with E-state index in [-0.39, 0.29) is 0 Å². The Morgan fingerprint density at radius 2 is 0.704 bits per heavy atom. The average molecular weight is 748 g/mol. The van der Waals surface area contributed by atoms with Gasteiger partial charge in [-0.25, -0.2) is 0 Å². The molecule has 314 valence electrons. The SMILES string of the molecule is C=C(CCCCCC(CCCCCC)CCCCCC)CCc1cc(CCC(=C)CCCCCC(CCCCCC)CCCCCC)cc(CN(C)C)c1. The summed E-state index contributed by atoms with van der Waals surface area (Å²) in [7, 11) is 4.39. The Morgan fingerprint density at radius 3 is 1.00 bits per heavy atom. The molecule has 0 N–H and O–H groups in total. The largest absolute Gasteiger partial charge is 0.305 e. The van der Waals surface area contributed by atoms with Crippen LogP contribution in [-0.4, -0.2) is 19.0 Å². The van der Waals surface area contributed by atoms with E-state index >= 15 is 0 Å². The lowest BCUT2D eigenvalue weighted by Crippen LogP contribution is -2.11. The van der Waals surface area contributed by atoms with E-state index in [9.17, 15) is 0 Å². The van der Waals surface area contributed by atoms with Gasteiger partial charge < -0.3 is 4.90 Å². The van der Waals surface area contributed by atoms with Crippen LogP contribution in [0.5, 0.6) is 0 Å². The molecule has 0 radical (unpaired) electrons. The van der Waals surface area contributed by atoms with Gasteiger partial charge in [-0.15, -0.1) is 0 Å². The second-order valence-electron chi connectivity index (χ2n) is 18.2. The minimum Gasteiger partial charge on any atom is -0.305 e. The Balaban J connectivity index is 2.47. The van der Waals surface area contributed by atoms with Gasteiger partial charge >= 0.3 is 0 Å². The highest BCUT2D eigenvalue weighted by Gasteiger charge is 2.11. The van der Waals surface area contributed by atoms with Crippen molar-refractivity contribution in [2.24, 2.45) is 11.8 Å². The van der Waals surface area contributed by atoms with Crippen LogP contribution in [0.25, 0.3) is 0 Å². The quantitative estimate of drug-likeness (QED) is 0.0477. The van der Waals surface area contributed by atoms with Gasteiger partial charge in [0.15, 0.2) is 0 Å². The second kappa shape index (κ2) is 36.0. The summed E-state index contributed by atoms with van der Waals surface area (Å²) in [6.45, 7) is 19.4. The first-order chi connectivity index (χ1) is 26.3. The van der Waals surface area contributed by atoms with Gasteiger partial charge in [0.1, 0.15) is 0 Å². The van der Waals surface area contributed by atoms with Crippen molar-refractivity contribution < 1.29 is 0 Å². The summed E-state index contributed by atoms with van der Waals surface area (Å²) >= 11 is 0. The van der Waals surface area contributed by atoms with Gasteiger partial charge in [0, 0.05) is 6.54 Å². The van der Waals surface area contributed by atoms with E-state index in [1.54, 1.807) is 0 Å². The normalized spacial score (nSPS) is 11.8. The fraction of sp³-hybridized carbons (Fsp3) is 0.811. The van der Waals surface area contributed by atoms with Crippen molar-refractivity contribution in [1.82, 2.24) is 4.90 Å². The summed E-state index contributed by atoms with van der Waals surface area (Å²) in [5.74, 6) is 1.94. The highest BCUT2D eigenvalue weighted by Crippen LogP contribution is 2.27. The number of unbranched alkanes of at least 4 members (excludes halogenated alkanes) is 16. The maximum Gasteiger partial charge on any atom is 0.0227 e. The van der Waals surface area contributed by atoms with Crippen molar-refractivity contribution in [3.05, 3.63) is 59.2 Å². The minimum absolute atomic E-state index is 0.972. The van der Waals surface area contributed by atoms with Gasteiger partial charge in [-0.3, -0.25) is 0 Å². The van der Waals surface area contributed by atoms with Crippen LogP contribution in [0.2, 0.25) is 0 Å². The zero-order valence-corrected chi connectivity index (χ0v) is 38.0. The number of hydrogen-bond donors (Lipinski definition) is 0. The molecule has 1 rings (SSSR count). The molecule has 0 aliphatic heterocycles. The summed E-state index contributed by atoms with van der Waals surface area (Å²) in [6, 6.07) is 7.43. The van der Waals surface area contributed by atoms with Gasteiger partial charge in [0.25, 0.3) is 0 Å². The Labute approximate surface area is 341 Å². The highest BCUT2D eigenvalue weighted by molar-refractivity contribution is 5.31. The molecule has 0 aliphatic carbocycles. The smallest absolute Gasteiger partial charge is 0.0227 e. The molecule has 0 unspecified atom stereocenters. The third-order valence-electron chi connectivity index (χ3n) is 12.3. The average Bonchev–Trinajstić information content (AvgIpc) is 3.15. The maximum atomic E-state index is 4.54. The zero-order valence-electron chi connectivity index (χ0n) is 38.0. The summed E-state index contributed by atoms with van der Waals surface area (Å²) in [6.07, 6.45) is 46.6. The molecule has 0 bridgehead atoms. The molecular formula is C53H97N. The van der Waals surface area contributed by atoms with E-state index in [0.717, 1.165) is 44.1 Å². The van der Waals surface area contributed by atoms with Crippen LogP contribution >= 0.6 is 0 Å². The van der Waals surface area contributed by atoms with Crippen molar-refractivity contribution in [1.29, 1.82) is 0 Å². The molecule has 0 saturated heterocycles. The van der Waals surface area contributed by atoms with Gasteiger partial charge in [-0.2, -0.15) is 0 Å². The second-order valence-corrected chi connectivity index (χ2v) is 18.2. The number of benzene rings is 1. The first kappa shape index (κ1) is 50.7. The number of nitrogens with zero attached hydrogens (tertiary/aromatic N) is 1. The van der Waals surface area contributed by atoms with Crippen LogP contribution in [0, 0.1) is 11.8 Å². The molecule has 1 heteroatoms. The minimum atomic E-state index is 0.972. The van der Waals surface area contributed by atoms with Crippen LogP contribution in [0.4, 0.5) is 0 Å². The Kier molecular flexibility index (Phi) is 33.8. The van der Waals surface area contributed by atoms with Crippen LogP contribution in [0.1, 0.15) is 250 Å². The molecule has 0 spiro atoms. The summed E-state index contributed by atoms with van der Waals surface area (Å²) in [4.78, 5) is 2.31. The predicted octanol–water partition coefficient (Wildman–Crippen LogP) is 17.7. The maximum absolute atomic E-state index is 4.54. The third kappa shape index (κ3) is 29.9. The third-order valence-corrected chi connectivity index (χ3v) is 12.3.